The molecule has 20 heavy (non-hydrogen) atoms. The molecule has 0 fully saturated rings. The molecule has 0 aromatic heterocycles. The van der Waals surface area contributed by atoms with E-state index >= 15 is 0 Å². The van der Waals surface area contributed by atoms with E-state index in [0.717, 1.165) is 11.1 Å². The van der Waals surface area contributed by atoms with E-state index < -0.39 is 0 Å². The molecule has 0 heterocycles. The second kappa shape index (κ2) is 6.29. The van der Waals surface area contributed by atoms with Crippen molar-refractivity contribution in [2.45, 2.75) is 26.8 Å². The summed E-state index contributed by atoms with van der Waals surface area (Å²) in [6, 6.07) is 11.9. The molecule has 0 aliphatic rings. The number of aryl methyl sites for hydroxylation is 3. The van der Waals surface area contributed by atoms with E-state index in [1.807, 2.05) is 25.1 Å². The van der Waals surface area contributed by atoms with Gasteiger partial charge in [-0.05, 0) is 49.6 Å². The fraction of sp³-hybridized carbons (Fsp3) is 0.294. The summed E-state index contributed by atoms with van der Waals surface area (Å²) < 4.78 is 5.75. The molecule has 1 unspecified atom stereocenters. The number of halogens is 1. The highest BCUT2D eigenvalue weighted by molar-refractivity contribution is 6.32. The van der Waals surface area contributed by atoms with Gasteiger partial charge in [0.1, 0.15) is 12.4 Å². The van der Waals surface area contributed by atoms with Crippen LogP contribution in [-0.2, 0) is 0 Å². The second-order valence-electron chi connectivity index (χ2n) is 5.21. The predicted molar refractivity (Wildman–Crippen MR) is 84.5 cm³/mol. The minimum Gasteiger partial charge on any atom is -0.490 e. The third-order valence-corrected chi connectivity index (χ3v) is 3.64. The number of ether oxygens (including phenoxy) is 1. The van der Waals surface area contributed by atoms with Crippen LogP contribution in [0, 0.1) is 20.8 Å². The van der Waals surface area contributed by atoms with Gasteiger partial charge in [0, 0.05) is 0 Å². The van der Waals surface area contributed by atoms with Crippen LogP contribution in [0.5, 0.6) is 5.75 Å². The van der Waals surface area contributed by atoms with Crippen molar-refractivity contribution >= 4 is 11.6 Å². The van der Waals surface area contributed by atoms with Crippen LogP contribution in [0.25, 0.3) is 0 Å². The zero-order chi connectivity index (χ0) is 14.7. The van der Waals surface area contributed by atoms with E-state index in [2.05, 4.69) is 32.0 Å². The lowest BCUT2D eigenvalue weighted by Gasteiger charge is -2.17. The molecule has 2 N–H and O–H groups in total. The first kappa shape index (κ1) is 14.9. The molecule has 0 aliphatic heterocycles. The van der Waals surface area contributed by atoms with Gasteiger partial charge in [-0.15, -0.1) is 0 Å². The van der Waals surface area contributed by atoms with Crippen molar-refractivity contribution in [3.8, 4) is 5.75 Å². The van der Waals surface area contributed by atoms with Crippen LogP contribution in [0.15, 0.2) is 36.4 Å². The van der Waals surface area contributed by atoms with Crippen LogP contribution in [0.2, 0.25) is 5.02 Å². The van der Waals surface area contributed by atoms with Crippen LogP contribution in [-0.4, -0.2) is 6.61 Å². The first-order chi connectivity index (χ1) is 9.47. The smallest absolute Gasteiger partial charge is 0.138 e. The number of nitrogens with two attached hydrogens (primary N) is 1. The molecule has 0 amide bonds. The van der Waals surface area contributed by atoms with Gasteiger partial charge in [-0.2, -0.15) is 0 Å². The van der Waals surface area contributed by atoms with Crippen LogP contribution in [0.1, 0.15) is 28.3 Å². The summed E-state index contributed by atoms with van der Waals surface area (Å²) in [6.45, 7) is 6.53. The van der Waals surface area contributed by atoms with Gasteiger partial charge in [0.05, 0.1) is 11.1 Å². The number of rotatable bonds is 4. The van der Waals surface area contributed by atoms with Gasteiger partial charge < -0.3 is 10.5 Å². The minimum absolute atomic E-state index is 0.160. The summed E-state index contributed by atoms with van der Waals surface area (Å²) in [4.78, 5) is 0. The van der Waals surface area contributed by atoms with E-state index in [0.29, 0.717) is 17.4 Å². The third kappa shape index (κ3) is 3.53. The fourth-order valence-corrected chi connectivity index (χ4v) is 2.44. The first-order valence-electron chi connectivity index (χ1n) is 6.69. The van der Waals surface area contributed by atoms with Gasteiger partial charge in [-0.1, -0.05) is 41.4 Å². The molecule has 2 rings (SSSR count). The van der Waals surface area contributed by atoms with E-state index in [1.165, 1.54) is 11.1 Å². The predicted octanol–water partition coefficient (Wildman–Crippen LogP) is 4.34. The molecule has 0 saturated heterocycles. The molecule has 0 aliphatic carbocycles. The fourth-order valence-electron chi connectivity index (χ4n) is 2.15. The summed E-state index contributed by atoms with van der Waals surface area (Å²) in [7, 11) is 0. The summed E-state index contributed by atoms with van der Waals surface area (Å²) in [5.41, 5.74) is 10.8. The molecular weight excluding hydrogens is 270 g/mol. The molecule has 106 valence electrons. The van der Waals surface area contributed by atoms with Crippen LogP contribution >= 0.6 is 11.6 Å². The summed E-state index contributed by atoms with van der Waals surface area (Å²) in [6.07, 6.45) is 0. The zero-order valence-corrected chi connectivity index (χ0v) is 12.9. The van der Waals surface area contributed by atoms with Crippen LogP contribution < -0.4 is 10.5 Å². The Morgan fingerprint density at radius 1 is 1.05 bits per heavy atom. The van der Waals surface area contributed by atoms with Gasteiger partial charge >= 0.3 is 0 Å². The Bertz CT molecular complexity index is 610. The molecule has 0 saturated carbocycles. The standard InChI is InChI=1S/C17H20ClNO/c1-11-4-6-13(3)14(8-11)16(19)10-20-17-7-5-12(2)9-15(17)18/h4-9,16H,10,19H2,1-3H3. The van der Waals surface area contributed by atoms with Gasteiger partial charge in [0.15, 0.2) is 0 Å². The van der Waals surface area contributed by atoms with E-state index in [9.17, 15) is 0 Å². The normalized spacial score (nSPS) is 12.2. The molecule has 0 bridgehead atoms. The molecule has 1 atom stereocenters. The Hall–Kier alpha value is -1.51. The first-order valence-corrected chi connectivity index (χ1v) is 7.07. The molecule has 3 heteroatoms. The van der Waals surface area contributed by atoms with Crippen molar-refractivity contribution in [2.75, 3.05) is 6.61 Å². The van der Waals surface area contributed by atoms with E-state index in [1.54, 1.807) is 0 Å². The van der Waals surface area contributed by atoms with Crippen molar-refractivity contribution in [3.05, 3.63) is 63.7 Å². The average Bonchev–Trinajstić information content (AvgIpc) is 2.40. The molecule has 0 spiro atoms. The maximum absolute atomic E-state index is 6.22. The van der Waals surface area contributed by atoms with Crippen LogP contribution in [0.3, 0.4) is 0 Å². The van der Waals surface area contributed by atoms with E-state index in [4.69, 9.17) is 22.1 Å². The highest BCUT2D eigenvalue weighted by atomic mass is 35.5. The van der Waals surface area contributed by atoms with Crippen molar-refractivity contribution in [2.24, 2.45) is 5.73 Å². The largest absolute Gasteiger partial charge is 0.490 e. The molecular formula is C17H20ClNO. The summed E-state index contributed by atoms with van der Waals surface area (Å²) in [5, 5.41) is 0.623. The SMILES string of the molecule is Cc1ccc(OCC(N)c2cc(C)ccc2C)c(Cl)c1. The zero-order valence-electron chi connectivity index (χ0n) is 12.1. The van der Waals surface area contributed by atoms with Crippen molar-refractivity contribution in [1.82, 2.24) is 0 Å². The molecule has 2 aromatic carbocycles. The maximum Gasteiger partial charge on any atom is 0.138 e. The minimum atomic E-state index is -0.160. The third-order valence-electron chi connectivity index (χ3n) is 3.34. The monoisotopic (exact) mass is 289 g/mol. The molecule has 0 radical (unpaired) electrons. The van der Waals surface area contributed by atoms with Crippen molar-refractivity contribution in [3.63, 3.8) is 0 Å². The highest BCUT2D eigenvalue weighted by Gasteiger charge is 2.11. The van der Waals surface area contributed by atoms with Crippen molar-refractivity contribution < 1.29 is 4.74 Å². The summed E-state index contributed by atoms with van der Waals surface area (Å²) in [5.74, 6) is 0.679. The Morgan fingerprint density at radius 3 is 2.40 bits per heavy atom. The van der Waals surface area contributed by atoms with Gasteiger partial charge in [-0.25, -0.2) is 0 Å². The summed E-state index contributed by atoms with van der Waals surface area (Å²) >= 11 is 6.15. The molecule has 2 aromatic rings. The quantitative estimate of drug-likeness (QED) is 0.908. The highest BCUT2D eigenvalue weighted by Crippen LogP contribution is 2.26. The lowest BCUT2D eigenvalue weighted by molar-refractivity contribution is 0.290. The Labute approximate surface area is 125 Å². The van der Waals surface area contributed by atoms with Gasteiger partial charge in [-0.3, -0.25) is 0 Å². The second-order valence-corrected chi connectivity index (χ2v) is 5.62. The Morgan fingerprint density at radius 2 is 1.70 bits per heavy atom. The number of hydrogen-bond donors (Lipinski definition) is 1. The number of hydrogen-bond acceptors (Lipinski definition) is 2. The Kier molecular flexibility index (Phi) is 4.69. The lowest BCUT2D eigenvalue weighted by Crippen LogP contribution is -2.20. The number of benzene rings is 2. The van der Waals surface area contributed by atoms with E-state index in [-0.39, 0.29) is 6.04 Å². The maximum atomic E-state index is 6.22. The van der Waals surface area contributed by atoms with Crippen LogP contribution in [0.4, 0.5) is 0 Å². The topological polar surface area (TPSA) is 35.2 Å². The average molecular weight is 290 g/mol. The Balaban J connectivity index is 2.08. The lowest BCUT2D eigenvalue weighted by atomic mass is 10.00. The van der Waals surface area contributed by atoms with Crippen molar-refractivity contribution in [1.29, 1.82) is 0 Å². The molecule has 2 nitrogen and oxygen atoms in total. The van der Waals surface area contributed by atoms with Gasteiger partial charge in [0.25, 0.3) is 0 Å². The van der Waals surface area contributed by atoms with Gasteiger partial charge in [0.2, 0.25) is 0 Å².